The molecule has 2 N–H and O–H groups in total. The van der Waals surface area contributed by atoms with Crippen molar-refractivity contribution in [3.05, 3.63) is 35.9 Å². The molecule has 1 aromatic carbocycles. The average molecular weight is 445 g/mol. The third-order valence-corrected chi connectivity index (χ3v) is 6.63. The van der Waals surface area contributed by atoms with Crippen LogP contribution in [-0.4, -0.2) is 105 Å². The molecular formula is C25H44N6O. The van der Waals surface area contributed by atoms with E-state index in [1.807, 2.05) is 0 Å². The van der Waals surface area contributed by atoms with Crippen LogP contribution in [0.25, 0.3) is 0 Å². The van der Waals surface area contributed by atoms with E-state index in [1.54, 1.807) is 0 Å². The van der Waals surface area contributed by atoms with Gasteiger partial charge in [-0.1, -0.05) is 30.3 Å². The van der Waals surface area contributed by atoms with E-state index >= 15 is 0 Å². The second-order valence-electron chi connectivity index (χ2n) is 9.61. The summed E-state index contributed by atoms with van der Waals surface area (Å²) in [6, 6.07) is 11.4. The molecule has 0 amide bonds. The number of hydrogen-bond acceptors (Lipinski definition) is 5. The molecule has 2 heterocycles. The van der Waals surface area contributed by atoms with Crippen LogP contribution in [0.15, 0.2) is 35.3 Å². The zero-order valence-electron chi connectivity index (χ0n) is 20.6. The van der Waals surface area contributed by atoms with Gasteiger partial charge >= 0.3 is 0 Å². The van der Waals surface area contributed by atoms with E-state index in [0.29, 0.717) is 6.04 Å². The number of benzene rings is 1. The summed E-state index contributed by atoms with van der Waals surface area (Å²) < 4.78 is 5.51. The maximum absolute atomic E-state index is 5.51. The molecule has 0 aliphatic carbocycles. The number of likely N-dealkylation sites (N-methyl/N-ethyl adjacent to an activating group) is 1. The maximum atomic E-state index is 5.51. The van der Waals surface area contributed by atoms with Crippen molar-refractivity contribution in [1.82, 2.24) is 25.3 Å². The van der Waals surface area contributed by atoms with Gasteiger partial charge in [0.15, 0.2) is 5.96 Å². The third-order valence-electron chi connectivity index (χ3n) is 6.63. The molecule has 180 valence electrons. The van der Waals surface area contributed by atoms with Crippen LogP contribution >= 0.6 is 0 Å². The number of piperazine rings is 1. The van der Waals surface area contributed by atoms with Crippen LogP contribution in [-0.2, 0) is 4.74 Å². The van der Waals surface area contributed by atoms with Crippen molar-refractivity contribution in [2.75, 3.05) is 79.2 Å². The molecule has 0 bridgehead atoms. The first-order chi connectivity index (χ1) is 15.5. The lowest BCUT2D eigenvalue weighted by atomic mass is 10.0. The largest absolute Gasteiger partial charge is 0.379 e. The summed E-state index contributed by atoms with van der Waals surface area (Å²) in [5, 5.41) is 6.97. The van der Waals surface area contributed by atoms with Crippen LogP contribution in [0.1, 0.15) is 38.8 Å². The van der Waals surface area contributed by atoms with Crippen molar-refractivity contribution in [2.45, 2.75) is 38.8 Å². The van der Waals surface area contributed by atoms with Gasteiger partial charge in [-0.3, -0.25) is 14.8 Å². The second kappa shape index (κ2) is 12.5. The quantitative estimate of drug-likeness (QED) is 0.345. The summed E-state index contributed by atoms with van der Waals surface area (Å²) >= 11 is 0. The van der Waals surface area contributed by atoms with Crippen molar-refractivity contribution in [3.63, 3.8) is 0 Å². The second-order valence-corrected chi connectivity index (χ2v) is 9.61. The van der Waals surface area contributed by atoms with Gasteiger partial charge in [-0.15, -0.1) is 0 Å². The molecule has 0 saturated carbocycles. The molecule has 0 radical (unpaired) electrons. The minimum Gasteiger partial charge on any atom is -0.379 e. The van der Waals surface area contributed by atoms with E-state index in [4.69, 9.17) is 9.73 Å². The molecule has 32 heavy (non-hydrogen) atoms. The number of ether oxygens (including phenoxy) is 1. The molecule has 2 saturated heterocycles. The molecule has 3 rings (SSSR count). The molecule has 1 atom stereocenters. The minimum absolute atomic E-state index is 0.0366. The Kier molecular flexibility index (Phi) is 9.78. The normalized spacial score (nSPS) is 22.1. The van der Waals surface area contributed by atoms with Crippen LogP contribution in [0.5, 0.6) is 0 Å². The van der Waals surface area contributed by atoms with Gasteiger partial charge in [-0.25, -0.2) is 0 Å². The van der Waals surface area contributed by atoms with Crippen molar-refractivity contribution < 1.29 is 4.74 Å². The van der Waals surface area contributed by atoms with Crippen LogP contribution in [0.4, 0.5) is 0 Å². The zero-order valence-corrected chi connectivity index (χ0v) is 20.6. The zero-order chi connectivity index (χ0) is 22.8. The highest BCUT2D eigenvalue weighted by Gasteiger charge is 2.28. The molecular weight excluding hydrogens is 400 g/mol. The predicted octanol–water partition coefficient (Wildman–Crippen LogP) is 2.03. The Morgan fingerprint density at radius 3 is 2.56 bits per heavy atom. The van der Waals surface area contributed by atoms with Gasteiger partial charge in [-0.05, 0) is 39.8 Å². The molecule has 2 fully saturated rings. The van der Waals surface area contributed by atoms with Gasteiger partial charge in [0, 0.05) is 63.9 Å². The molecule has 2 aliphatic heterocycles. The first-order valence-electron chi connectivity index (χ1n) is 12.3. The summed E-state index contributed by atoms with van der Waals surface area (Å²) in [6.07, 6.45) is 1.10. The van der Waals surface area contributed by atoms with E-state index in [2.05, 4.69) is 83.5 Å². The lowest BCUT2D eigenvalue weighted by Gasteiger charge is -2.40. The SMILES string of the molecule is CCNC(=NCC(C)(C)N1CCOCC1)NCCCN1CCN(C)CC1c1ccccc1. The van der Waals surface area contributed by atoms with E-state index in [0.717, 1.165) is 84.5 Å². The number of aliphatic imine (C=N–C) groups is 1. The summed E-state index contributed by atoms with van der Waals surface area (Å²) in [6.45, 7) is 17.3. The van der Waals surface area contributed by atoms with Crippen molar-refractivity contribution >= 4 is 5.96 Å². The number of hydrogen-bond donors (Lipinski definition) is 2. The Morgan fingerprint density at radius 2 is 1.84 bits per heavy atom. The first-order valence-corrected chi connectivity index (χ1v) is 12.3. The van der Waals surface area contributed by atoms with Gasteiger partial charge in [-0.2, -0.15) is 0 Å². The number of rotatable bonds is 9. The minimum atomic E-state index is 0.0366. The Balaban J connectivity index is 1.48. The van der Waals surface area contributed by atoms with Gasteiger partial charge in [0.2, 0.25) is 0 Å². The fourth-order valence-corrected chi connectivity index (χ4v) is 4.59. The van der Waals surface area contributed by atoms with Crippen molar-refractivity contribution in [2.24, 2.45) is 4.99 Å². The molecule has 0 spiro atoms. The van der Waals surface area contributed by atoms with Crippen LogP contribution < -0.4 is 10.6 Å². The van der Waals surface area contributed by atoms with Gasteiger partial charge in [0.25, 0.3) is 0 Å². The molecule has 0 aromatic heterocycles. The number of nitrogens with zero attached hydrogens (tertiary/aromatic N) is 4. The molecule has 2 aliphatic rings. The van der Waals surface area contributed by atoms with E-state index in [9.17, 15) is 0 Å². The predicted molar refractivity (Wildman–Crippen MR) is 133 cm³/mol. The van der Waals surface area contributed by atoms with E-state index in [-0.39, 0.29) is 5.54 Å². The maximum Gasteiger partial charge on any atom is 0.191 e. The fraction of sp³-hybridized carbons (Fsp3) is 0.720. The molecule has 1 unspecified atom stereocenters. The van der Waals surface area contributed by atoms with Crippen LogP contribution in [0.3, 0.4) is 0 Å². The lowest BCUT2D eigenvalue weighted by Crippen LogP contribution is -2.52. The molecule has 1 aromatic rings. The number of nitrogens with one attached hydrogen (secondary N) is 2. The highest BCUT2D eigenvalue weighted by Crippen LogP contribution is 2.24. The average Bonchev–Trinajstić information content (AvgIpc) is 2.82. The summed E-state index contributed by atoms with van der Waals surface area (Å²) in [7, 11) is 2.23. The fourth-order valence-electron chi connectivity index (χ4n) is 4.59. The monoisotopic (exact) mass is 444 g/mol. The van der Waals surface area contributed by atoms with Gasteiger partial charge in [0.05, 0.1) is 19.8 Å². The molecule has 7 nitrogen and oxygen atoms in total. The van der Waals surface area contributed by atoms with E-state index < -0.39 is 0 Å². The summed E-state index contributed by atoms with van der Waals surface area (Å²) in [5.74, 6) is 0.923. The van der Waals surface area contributed by atoms with Crippen LogP contribution in [0, 0.1) is 0 Å². The summed E-state index contributed by atoms with van der Waals surface area (Å²) in [5.41, 5.74) is 1.46. The standard InChI is InChI=1S/C25H44N6O/c1-5-26-24(28-21-25(2,3)31-16-18-32-19-17-31)27-12-9-13-30-15-14-29(4)20-23(30)22-10-7-6-8-11-22/h6-8,10-11,23H,5,9,12-21H2,1-4H3,(H2,26,27,28). The first kappa shape index (κ1) is 25.0. The Hall–Kier alpha value is -1.67. The number of guanidine groups is 1. The Morgan fingerprint density at radius 1 is 1.09 bits per heavy atom. The summed E-state index contributed by atoms with van der Waals surface area (Å²) in [4.78, 5) is 12.5. The lowest BCUT2D eigenvalue weighted by molar-refractivity contribution is -0.00683. The highest BCUT2D eigenvalue weighted by atomic mass is 16.5. The van der Waals surface area contributed by atoms with Crippen molar-refractivity contribution in [1.29, 1.82) is 0 Å². The number of morpholine rings is 1. The van der Waals surface area contributed by atoms with Gasteiger partial charge < -0.3 is 20.3 Å². The van der Waals surface area contributed by atoms with Crippen LogP contribution in [0.2, 0.25) is 0 Å². The third kappa shape index (κ3) is 7.44. The Labute approximate surface area is 195 Å². The Bertz CT molecular complexity index is 689. The van der Waals surface area contributed by atoms with Gasteiger partial charge in [0.1, 0.15) is 0 Å². The molecule has 7 heteroatoms. The highest BCUT2D eigenvalue weighted by molar-refractivity contribution is 5.79. The van der Waals surface area contributed by atoms with E-state index in [1.165, 1.54) is 5.56 Å². The smallest absolute Gasteiger partial charge is 0.191 e. The van der Waals surface area contributed by atoms with Crippen molar-refractivity contribution in [3.8, 4) is 0 Å². The topological polar surface area (TPSA) is 55.4 Å².